The smallest absolute Gasteiger partial charge is 0.344 e. The Morgan fingerprint density at radius 3 is 2.71 bits per heavy atom. The molecule has 0 aliphatic rings. The number of aromatic nitrogens is 2. The van der Waals surface area contributed by atoms with Gasteiger partial charge in [0.15, 0.2) is 12.4 Å². The van der Waals surface area contributed by atoms with Crippen molar-refractivity contribution in [1.29, 1.82) is 0 Å². The van der Waals surface area contributed by atoms with Crippen molar-refractivity contribution in [2.24, 2.45) is 5.10 Å². The first-order chi connectivity index (χ1) is 18.5. The number of hydrogen-bond acceptors (Lipinski definition) is 8. The van der Waals surface area contributed by atoms with Gasteiger partial charge in [0.2, 0.25) is 5.82 Å². The molecule has 0 aliphatic carbocycles. The third-order valence-corrected chi connectivity index (χ3v) is 6.26. The number of ether oxygens (including phenoxy) is 3. The largest absolute Gasteiger partial charge is 0.496 e. The number of halogens is 1. The number of methoxy groups -OCH3 is 1. The van der Waals surface area contributed by atoms with Crippen LogP contribution in [0.4, 0.5) is 0 Å². The maximum atomic E-state index is 13.5. The molecule has 38 heavy (non-hydrogen) atoms. The summed E-state index contributed by atoms with van der Waals surface area (Å²) < 4.78 is 23.7. The van der Waals surface area contributed by atoms with Gasteiger partial charge in [-0.1, -0.05) is 18.2 Å². The van der Waals surface area contributed by atoms with E-state index in [1.807, 2.05) is 24.3 Å². The fourth-order valence-corrected chi connectivity index (χ4v) is 4.40. The minimum absolute atomic E-state index is 0.205. The summed E-state index contributed by atoms with van der Waals surface area (Å²) in [5.74, 6) is 1.27. The van der Waals surface area contributed by atoms with E-state index >= 15 is 0 Å². The lowest BCUT2D eigenvalue weighted by Crippen LogP contribution is -2.20. The van der Waals surface area contributed by atoms with Crippen LogP contribution < -0.4 is 15.0 Å². The molecule has 0 spiro atoms. The van der Waals surface area contributed by atoms with Gasteiger partial charge in [-0.2, -0.15) is 9.78 Å². The van der Waals surface area contributed by atoms with E-state index < -0.39 is 5.97 Å². The summed E-state index contributed by atoms with van der Waals surface area (Å²) in [4.78, 5) is 29.8. The first-order valence-electron chi connectivity index (χ1n) is 11.7. The number of fused-ring (bicyclic) bond motifs is 2. The molecule has 2 heterocycles. The standard InChI is InChI=1S/C28H22BrN3O6/c1-3-36-26(33)16-37-24-12-11-17(13-20(24)29)15-30-32-27(31-21-8-5-4-7-18(21)28(32)34)25-14-19-22(35-2)9-6-10-23(19)38-25/h4-15H,3,16H2,1-2H3. The molecule has 0 bridgehead atoms. The molecule has 192 valence electrons. The quantitative estimate of drug-likeness (QED) is 0.180. The molecule has 5 aromatic rings. The molecular formula is C28H22BrN3O6. The molecule has 0 unspecified atom stereocenters. The lowest BCUT2D eigenvalue weighted by Gasteiger charge is -2.09. The first-order valence-corrected chi connectivity index (χ1v) is 12.5. The van der Waals surface area contributed by atoms with Crippen molar-refractivity contribution in [3.05, 3.63) is 87.1 Å². The van der Waals surface area contributed by atoms with Gasteiger partial charge in [-0.15, -0.1) is 0 Å². The number of nitrogens with zero attached hydrogens (tertiary/aromatic N) is 3. The molecular weight excluding hydrogens is 554 g/mol. The van der Waals surface area contributed by atoms with Crippen LogP contribution in [0.3, 0.4) is 0 Å². The van der Waals surface area contributed by atoms with Crippen LogP contribution >= 0.6 is 15.9 Å². The highest BCUT2D eigenvalue weighted by molar-refractivity contribution is 9.10. The normalized spacial score (nSPS) is 11.3. The molecule has 0 aliphatic heterocycles. The SMILES string of the molecule is CCOC(=O)COc1ccc(C=Nn2c(-c3cc4c(OC)cccc4o3)nc3ccccc3c2=O)cc1Br. The van der Waals surface area contributed by atoms with Crippen LogP contribution in [-0.4, -0.2) is 42.2 Å². The predicted molar refractivity (Wildman–Crippen MR) is 147 cm³/mol. The van der Waals surface area contributed by atoms with Crippen molar-refractivity contribution in [2.75, 3.05) is 20.3 Å². The Kier molecular flexibility index (Phi) is 7.23. The fraction of sp³-hybridized carbons (Fsp3) is 0.143. The van der Waals surface area contributed by atoms with E-state index in [1.54, 1.807) is 56.5 Å². The number of carbonyl (C=O) groups excluding carboxylic acids is 1. The van der Waals surface area contributed by atoms with Gasteiger partial charge in [0.05, 0.1) is 40.7 Å². The second kappa shape index (κ2) is 10.9. The fourth-order valence-electron chi connectivity index (χ4n) is 3.89. The van der Waals surface area contributed by atoms with E-state index in [1.165, 1.54) is 10.9 Å². The number of rotatable bonds is 8. The van der Waals surface area contributed by atoms with Gasteiger partial charge in [0.25, 0.3) is 5.56 Å². The highest BCUT2D eigenvalue weighted by Gasteiger charge is 2.18. The maximum absolute atomic E-state index is 13.5. The monoisotopic (exact) mass is 575 g/mol. The third kappa shape index (κ3) is 5.03. The number of esters is 1. The zero-order valence-electron chi connectivity index (χ0n) is 20.5. The number of hydrogen-bond donors (Lipinski definition) is 0. The molecule has 0 atom stereocenters. The van der Waals surface area contributed by atoms with E-state index in [-0.39, 0.29) is 24.6 Å². The van der Waals surface area contributed by atoms with Crippen LogP contribution in [0.15, 0.2) is 85.5 Å². The van der Waals surface area contributed by atoms with Crippen molar-refractivity contribution >= 4 is 50.0 Å². The molecule has 5 rings (SSSR count). The summed E-state index contributed by atoms with van der Waals surface area (Å²) >= 11 is 3.45. The van der Waals surface area contributed by atoms with Crippen molar-refractivity contribution in [3.63, 3.8) is 0 Å². The maximum Gasteiger partial charge on any atom is 0.344 e. The lowest BCUT2D eigenvalue weighted by molar-refractivity contribution is -0.145. The van der Waals surface area contributed by atoms with Crippen LogP contribution in [0.2, 0.25) is 0 Å². The number of para-hydroxylation sites is 1. The van der Waals surface area contributed by atoms with E-state index in [4.69, 9.17) is 23.6 Å². The number of furan rings is 1. The van der Waals surface area contributed by atoms with Crippen LogP contribution in [0.25, 0.3) is 33.5 Å². The predicted octanol–water partition coefficient (Wildman–Crippen LogP) is 5.40. The summed E-state index contributed by atoms with van der Waals surface area (Å²) in [7, 11) is 1.58. The van der Waals surface area contributed by atoms with Gasteiger partial charge in [0, 0.05) is 0 Å². The van der Waals surface area contributed by atoms with Gasteiger partial charge < -0.3 is 18.6 Å². The molecule has 0 amide bonds. The van der Waals surface area contributed by atoms with E-state index in [0.29, 0.717) is 43.8 Å². The number of benzene rings is 3. The minimum atomic E-state index is -0.455. The van der Waals surface area contributed by atoms with E-state index in [0.717, 1.165) is 5.39 Å². The van der Waals surface area contributed by atoms with Gasteiger partial charge >= 0.3 is 5.97 Å². The second-order valence-electron chi connectivity index (χ2n) is 8.08. The summed E-state index contributed by atoms with van der Waals surface area (Å²) in [5, 5.41) is 5.65. The molecule has 9 nitrogen and oxygen atoms in total. The summed E-state index contributed by atoms with van der Waals surface area (Å²) in [5.41, 5.74) is 1.46. The summed E-state index contributed by atoms with van der Waals surface area (Å²) in [6.45, 7) is 1.81. The minimum Gasteiger partial charge on any atom is -0.496 e. The average molecular weight is 576 g/mol. The molecule has 0 N–H and O–H groups in total. The molecule has 0 saturated heterocycles. The third-order valence-electron chi connectivity index (χ3n) is 5.64. The molecule has 0 fully saturated rings. The van der Waals surface area contributed by atoms with Crippen molar-refractivity contribution in [2.45, 2.75) is 6.92 Å². The highest BCUT2D eigenvalue weighted by atomic mass is 79.9. The van der Waals surface area contributed by atoms with Crippen LogP contribution in [0, 0.1) is 0 Å². The zero-order valence-corrected chi connectivity index (χ0v) is 22.1. The van der Waals surface area contributed by atoms with Gasteiger partial charge in [0.1, 0.15) is 17.1 Å². The van der Waals surface area contributed by atoms with Crippen LogP contribution in [0.1, 0.15) is 12.5 Å². The Labute approximate surface area is 225 Å². The lowest BCUT2D eigenvalue weighted by atomic mass is 10.2. The summed E-state index contributed by atoms with van der Waals surface area (Å²) in [6.07, 6.45) is 1.53. The first kappa shape index (κ1) is 25.2. The molecule has 3 aromatic carbocycles. The Morgan fingerprint density at radius 1 is 1.08 bits per heavy atom. The van der Waals surface area contributed by atoms with Gasteiger partial charge in [-0.05, 0) is 76.9 Å². The van der Waals surface area contributed by atoms with Crippen molar-refractivity contribution in [3.8, 4) is 23.1 Å². The zero-order chi connectivity index (χ0) is 26.6. The van der Waals surface area contributed by atoms with Crippen molar-refractivity contribution < 1.29 is 23.4 Å². The van der Waals surface area contributed by atoms with Crippen LogP contribution in [0.5, 0.6) is 11.5 Å². The van der Waals surface area contributed by atoms with Gasteiger partial charge in [-0.25, -0.2) is 9.78 Å². The Balaban J connectivity index is 1.55. The van der Waals surface area contributed by atoms with Gasteiger partial charge in [-0.3, -0.25) is 4.79 Å². The topological polar surface area (TPSA) is 105 Å². The van der Waals surface area contributed by atoms with E-state index in [9.17, 15) is 9.59 Å². The molecule has 2 aromatic heterocycles. The number of carbonyl (C=O) groups is 1. The Hall–Kier alpha value is -4.44. The molecule has 10 heteroatoms. The summed E-state index contributed by atoms with van der Waals surface area (Å²) in [6, 6.07) is 19.5. The highest BCUT2D eigenvalue weighted by Crippen LogP contribution is 2.33. The van der Waals surface area contributed by atoms with Crippen molar-refractivity contribution in [1.82, 2.24) is 9.66 Å². The van der Waals surface area contributed by atoms with E-state index in [2.05, 4.69) is 21.0 Å². The molecule has 0 radical (unpaired) electrons. The average Bonchev–Trinajstić information content (AvgIpc) is 3.36. The van der Waals surface area contributed by atoms with Crippen LogP contribution in [-0.2, 0) is 9.53 Å². The Bertz CT molecular complexity index is 1740. The second-order valence-corrected chi connectivity index (χ2v) is 8.93. The Morgan fingerprint density at radius 2 is 1.92 bits per heavy atom. The molecule has 0 saturated carbocycles.